The zero-order valence-electron chi connectivity index (χ0n) is 6.89. The largest absolute Gasteiger partial charge is 0.0581 e. The van der Waals surface area contributed by atoms with Crippen molar-refractivity contribution in [1.82, 2.24) is 0 Å². The van der Waals surface area contributed by atoms with E-state index in [9.17, 15) is 0 Å². The maximum Gasteiger partial charge on any atom is 0.0208 e. The van der Waals surface area contributed by atoms with Crippen LogP contribution < -0.4 is 0 Å². The first kappa shape index (κ1) is 5.82. The van der Waals surface area contributed by atoms with Crippen LogP contribution in [0.15, 0.2) is 12.1 Å². The molecule has 55 valence electrons. The lowest BCUT2D eigenvalue weighted by Gasteiger charge is -2.34. The van der Waals surface area contributed by atoms with Crippen molar-refractivity contribution in [2.45, 2.75) is 25.7 Å². The van der Waals surface area contributed by atoms with Crippen LogP contribution in [0.1, 0.15) is 47.9 Å². The Hall–Kier alpha value is -0.780. The van der Waals surface area contributed by atoms with Crippen LogP contribution >= 0.6 is 0 Å². The molecule has 0 bridgehead atoms. The summed E-state index contributed by atoms with van der Waals surface area (Å²) in [5, 5.41) is 0. The van der Waals surface area contributed by atoms with E-state index in [0.29, 0.717) is 0 Å². The predicted octanol–water partition coefficient (Wildman–Crippen LogP) is 2.82. The van der Waals surface area contributed by atoms with Gasteiger partial charge in [0.25, 0.3) is 0 Å². The molecule has 0 fully saturated rings. The third-order valence-electron chi connectivity index (χ3n) is 3.27. The molecule has 0 aromatic heterocycles. The first-order chi connectivity index (χ1) is 5.29. The topological polar surface area (TPSA) is 0 Å². The summed E-state index contributed by atoms with van der Waals surface area (Å²) in [6.45, 7) is 4.65. The number of rotatable bonds is 0. The molecule has 2 aliphatic carbocycles. The minimum atomic E-state index is 0.796. The number of hydrogen-bond acceptors (Lipinski definition) is 0. The minimum absolute atomic E-state index is 0.796. The molecule has 2 aliphatic rings. The highest BCUT2D eigenvalue weighted by Crippen LogP contribution is 2.53. The lowest BCUT2D eigenvalue weighted by molar-refractivity contribution is 0.542. The van der Waals surface area contributed by atoms with E-state index in [1.807, 2.05) is 0 Å². The summed E-state index contributed by atoms with van der Waals surface area (Å²) in [5.41, 5.74) is 6.25. The van der Waals surface area contributed by atoms with Gasteiger partial charge in [-0.05, 0) is 34.1 Å². The zero-order valence-corrected chi connectivity index (χ0v) is 6.89. The van der Waals surface area contributed by atoms with Crippen LogP contribution in [0.3, 0.4) is 0 Å². The van der Waals surface area contributed by atoms with Crippen LogP contribution in [-0.2, 0) is 0 Å². The van der Waals surface area contributed by atoms with Crippen LogP contribution in [0.5, 0.6) is 0 Å². The molecular weight excluding hydrogens is 132 g/mol. The average Bonchev–Trinajstić information content (AvgIpc) is 2.78. The summed E-state index contributed by atoms with van der Waals surface area (Å²) in [5.74, 6) is 1.60. The van der Waals surface area contributed by atoms with Crippen molar-refractivity contribution in [2.24, 2.45) is 0 Å². The third kappa shape index (κ3) is 0.526. The molecule has 0 nitrogen and oxygen atoms in total. The lowest BCUT2D eigenvalue weighted by atomic mass is 9.70. The molecule has 3 rings (SSSR count). The molecule has 2 atom stereocenters. The van der Waals surface area contributed by atoms with Crippen molar-refractivity contribution < 1.29 is 0 Å². The summed E-state index contributed by atoms with van der Waals surface area (Å²) in [6, 6.07) is 4.54. The Morgan fingerprint density at radius 3 is 2.73 bits per heavy atom. The molecule has 0 amide bonds. The van der Waals surface area contributed by atoms with Gasteiger partial charge in [-0.25, -0.2) is 0 Å². The van der Waals surface area contributed by atoms with Crippen LogP contribution in [0.4, 0.5) is 0 Å². The molecule has 11 heavy (non-hydrogen) atoms. The van der Waals surface area contributed by atoms with Crippen LogP contribution in [0.2, 0.25) is 0 Å². The van der Waals surface area contributed by atoms with Crippen molar-refractivity contribution in [3.8, 4) is 0 Å². The molecule has 1 aromatic carbocycles. The minimum Gasteiger partial charge on any atom is -0.0581 e. The van der Waals surface area contributed by atoms with Crippen molar-refractivity contribution in [2.75, 3.05) is 0 Å². The second-order valence-electron chi connectivity index (χ2n) is 3.79. The molecule has 0 heterocycles. The molecule has 0 aliphatic heterocycles. The fraction of sp³-hybridized carbons (Fsp3) is 0.364. The molecule has 0 N–H and O–H groups in total. The standard InChI is InChI=1S/C11H11/c1-6-7(2)11-9(6)4-3-8-5-10(8)11/h3-7H,1-2H3. The fourth-order valence-corrected chi connectivity index (χ4v) is 2.24. The van der Waals surface area contributed by atoms with Crippen molar-refractivity contribution in [3.63, 3.8) is 0 Å². The van der Waals surface area contributed by atoms with E-state index in [-0.39, 0.29) is 0 Å². The molecule has 2 unspecified atom stereocenters. The van der Waals surface area contributed by atoms with Gasteiger partial charge in [-0.2, -0.15) is 0 Å². The van der Waals surface area contributed by atoms with Gasteiger partial charge in [0.2, 0.25) is 0 Å². The van der Waals surface area contributed by atoms with Crippen molar-refractivity contribution >= 4 is 0 Å². The Morgan fingerprint density at radius 1 is 1.09 bits per heavy atom. The average molecular weight is 143 g/mol. The van der Waals surface area contributed by atoms with E-state index in [2.05, 4.69) is 32.4 Å². The molecule has 0 saturated carbocycles. The SMILES string of the molecule is CC1c2ccc3c(c2C1C)[CH]3. The summed E-state index contributed by atoms with van der Waals surface area (Å²) in [7, 11) is 0. The van der Waals surface area contributed by atoms with Gasteiger partial charge in [0, 0.05) is 6.42 Å². The molecular formula is C11H11. The Labute approximate surface area is 67.2 Å². The lowest BCUT2D eigenvalue weighted by Crippen LogP contribution is -2.18. The van der Waals surface area contributed by atoms with Gasteiger partial charge in [-0.3, -0.25) is 0 Å². The normalized spacial score (nSPS) is 30.4. The maximum atomic E-state index is 2.33. The van der Waals surface area contributed by atoms with Crippen molar-refractivity contribution in [1.29, 1.82) is 0 Å². The van der Waals surface area contributed by atoms with Gasteiger partial charge >= 0.3 is 0 Å². The van der Waals surface area contributed by atoms with Gasteiger partial charge in [0.1, 0.15) is 0 Å². The number of hydrogen-bond donors (Lipinski definition) is 0. The summed E-state index contributed by atoms with van der Waals surface area (Å²) in [6.07, 6.45) is 2.29. The highest BCUT2D eigenvalue weighted by atomic mass is 14.4. The monoisotopic (exact) mass is 143 g/mol. The van der Waals surface area contributed by atoms with E-state index in [1.54, 1.807) is 16.7 Å². The molecule has 1 radical (unpaired) electrons. The van der Waals surface area contributed by atoms with Gasteiger partial charge in [-0.1, -0.05) is 26.0 Å². The summed E-state index contributed by atoms with van der Waals surface area (Å²) >= 11 is 0. The van der Waals surface area contributed by atoms with Crippen LogP contribution in [0.25, 0.3) is 0 Å². The van der Waals surface area contributed by atoms with E-state index >= 15 is 0 Å². The second-order valence-corrected chi connectivity index (χ2v) is 3.79. The van der Waals surface area contributed by atoms with E-state index in [1.165, 1.54) is 5.56 Å². The first-order valence-corrected chi connectivity index (χ1v) is 4.30. The fourth-order valence-electron chi connectivity index (χ4n) is 2.24. The predicted molar refractivity (Wildman–Crippen MR) is 45.8 cm³/mol. The Kier molecular flexibility index (Phi) is 0.806. The summed E-state index contributed by atoms with van der Waals surface area (Å²) < 4.78 is 0. The van der Waals surface area contributed by atoms with Crippen molar-refractivity contribution in [3.05, 3.63) is 40.8 Å². The van der Waals surface area contributed by atoms with Gasteiger partial charge in [-0.15, -0.1) is 0 Å². The van der Waals surface area contributed by atoms with Crippen LogP contribution in [0, 0.1) is 6.42 Å². The smallest absolute Gasteiger partial charge is 0.0208 e. The van der Waals surface area contributed by atoms with Gasteiger partial charge in [0.15, 0.2) is 0 Å². The first-order valence-electron chi connectivity index (χ1n) is 4.30. The van der Waals surface area contributed by atoms with Crippen LogP contribution in [-0.4, -0.2) is 0 Å². The zero-order chi connectivity index (χ0) is 7.59. The highest BCUT2D eigenvalue weighted by Gasteiger charge is 2.37. The Bertz CT molecular complexity index is 336. The second kappa shape index (κ2) is 1.52. The van der Waals surface area contributed by atoms with Gasteiger partial charge in [0.05, 0.1) is 0 Å². The van der Waals surface area contributed by atoms with E-state index in [0.717, 1.165) is 11.8 Å². The highest BCUT2D eigenvalue weighted by molar-refractivity contribution is 5.69. The Balaban J connectivity index is 2.26. The number of benzene rings is 1. The molecule has 0 saturated heterocycles. The molecule has 1 aromatic rings. The van der Waals surface area contributed by atoms with E-state index < -0.39 is 0 Å². The quantitative estimate of drug-likeness (QED) is 0.532. The third-order valence-corrected chi connectivity index (χ3v) is 3.27. The Morgan fingerprint density at radius 2 is 1.91 bits per heavy atom. The van der Waals surface area contributed by atoms with E-state index in [4.69, 9.17) is 0 Å². The molecule has 0 heteroatoms. The summed E-state index contributed by atoms with van der Waals surface area (Å²) in [4.78, 5) is 0. The van der Waals surface area contributed by atoms with Gasteiger partial charge < -0.3 is 0 Å². The molecule has 0 spiro atoms. The maximum absolute atomic E-state index is 2.33. The number of fused-ring (bicyclic) bond motifs is 3.